The molecule has 0 aliphatic heterocycles. The van der Waals surface area contributed by atoms with E-state index in [4.69, 9.17) is 9.84 Å². The number of carbonyl (C=O) groups is 1. The summed E-state index contributed by atoms with van der Waals surface area (Å²) in [5.41, 5.74) is 0.468. The summed E-state index contributed by atoms with van der Waals surface area (Å²) in [4.78, 5) is 16.0. The molecule has 1 aromatic heterocycles. The second-order valence-electron chi connectivity index (χ2n) is 5.64. The molecular formula is C16H16F3N3O5S. The summed E-state index contributed by atoms with van der Waals surface area (Å²) in [5.74, 6) is -0.776. The Morgan fingerprint density at radius 1 is 1.21 bits per heavy atom. The van der Waals surface area contributed by atoms with Crippen LogP contribution in [0.4, 0.5) is 24.7 Å². The van der Waals surface area contributed by atoms with Crippen molar-refractivity contribution < 1.29 is 36.2 Å². The van der Waals surface area contributed by atoms with Crippen molar-refractivity contribution in [2.75, 3.05) is 22.9 Å². The number of nitrogens with one attached hydrogen (secondary N) is 2. The van der Waals surface area contributed by atoms with Gasteiger partial charge >= 0.3 is 6.18 Å². The van der Waals surface area contributed by atoms with Crippen LogP contribution in [0.2, 0.25) is 0 Å². The van der Waals surface area contributed by atoms with Crippen molar-refractivity contribution in [1.82, 2.24) is 4.98 Å². The lowest BCUT2D eigenvalue weighted by atomic mass is 10.2. The largest absolute Gasteiger partial charge is 0.474 e. The van der Waals surface area contributed by atoms with Gasteiger partial charge in [-0.2, -0.15) is 18.2 Å². The lowest BCUT2D eigenvalue weighted by Crippen LogP contribution is -2.34. The Morgan fingerprint density at radius 2 is 1.86 bits per heavy atom. The Kier molecular flexibility index (Phi) is 6.46. The van der Waals surface area contributed by atoms with E-state index in [1.807, 2.05) is 0 Å². The van der Waals surface area contributed by atoms with E-state index >= 15 is 0 Å². The molecular weight excluding hydrogens is 403 g/mol. The highest BCUT2D eigenvalue weighted by atomic mass is 32.2. The van der Waals surface area contributed by atoms with Crippen LogP contribution in [0, 0.1) is 0 Å². The van der Waals surface area contributed by atoms with Crippen molar-refractivity contribution in [3.63, 3.8) is 0 Å². The lowest BCUT2D eigenvalue weighted by molar-refractivity contribution is -0.210. The van der Waals surface area contributed by atoms with Crippen molar-refractivity contribution >= 4 is 27.4 Å². The fourth-order valence-corrected chi connectivity index (χ4v) is 2.48. The maximum Gasteiger partial charge on any atom is 0.417 e. The van der Waals surface area contributed by atoms with E-state index < -0.39 is 34.8 Å². The Bertz CT molecular complexity index is 933. The minimum Gasteiger partial charge on any atom is -0.474 e. The van der Waals surface area contributed by atoms with Gasteiger partial charge in [0.1, 0.15) is 12.4 Å². The quantitative estimate of drug-likeness (QED) is 0.632. The second-order valence-corrected chi connectivity index (χ2v) is 7.38. The average Bonchev–Trinajstić information content (AvgIpc) is 2.58. The molecule has 0 fully saturated rings. The minimum absolute atomic E-state index is 0.0161. The molecule has 2 aromatic rings. The molecule has 0 aliphatic rings. The highest BCUT2D eigenvalue weighted by Crippen LogP contribution is 2.21. The molecule has 0 saturated heterocycles. The predicted molar refractivity (Wildman–Crippen MR) is 94.7 cm³/mol. The predicted octanol–water partition coefficient (Wildman–Crippen LogP) is 2.01. The number of alkyl halides is 3. The number of rotatable bonds is 7. The molecule has 0 saturated carbocycles. The molecule has 1 unspecified atom stereocenters. The molecule has 1 heterocycles. The van der Waals surface area contributed by atoms with Gasteiger partial charge in [0.25, 0.3) is 5.91 Å². The van der Waals surface area contributed by atoms with Crippen LogP contribution in [0.25, 0.3) is 0 Å². The molecule has 0 aliphatic carbocycles. The molecule has 0 bridgehead atoms. The van der Waals surface area contributed by atoms with Crippen molar-refractivity contribution in [3.8, 4) is 5.88 Å². The summed E-state index contributed by atoms with van der Waals surface area (Å²) in [6, 6.07) is 9.60. The van der Waals surface area contributed by atoms with Crippen LogP contribution in [0.5, 0.6) is 5.88 Å². The number of hydrogen-bond donors (Lipinski definition) is 3. The van der Waals surface area contributed by atoms with Crippen LogP contribution in [-0.4, -0.2) is 49.6 Å². The topological polar surface area (TPSA) is 118 Å². The summed E-state index contributed by atoms with van der Waals surface area (Å²) in [6.07, 6.45) is -6.49. The van der Waals surface area contributed by atoms with Gasteiger partial charge in [-0.15, -0.1) is 0 Å². The zero-order chi connectivity index (χ0) is 20.9. The van der Waals surface area contributed by atoms with Crippen molar-refractivity contribution in [2.24, 2.45) is 0 Å². The molecule has 0 radical (unpaired) electrons. The molecule has 0 spiro atoms. The van der Waals surface area contributed by atoms with Gasteiger partial charge in [-0.3, -0.25) is 9.52 Å². The smallest absolute Gasteiger partial charge is 0.417 e. The van der Waals surface area contributed by atoms with Gasteiger partial charge in [-0.25, -0.2) is 8.42 Å². The summed E-state index contributed by atoms with van der Waals surface area (Å²) >= 11 is 0. The number of aliphatic hydroxyl groups excluding tert-OH is 1. The molecule has 3 N–H and O–H groups in total. The first kappa shape index (κ1) is 21.4. The first-order valence-electron chi connectivity index (χ1n) is 7.68. The van der Waals surface area contributed by atoms with Crippen molar-refractivity contribution in [1.29, 1.82) is 0 Å². The third-order valence-electron chi connectivity index (χ3n) is 3.18. The first-order chi connectivity index (χ1) is 12.9. The summed E-state index contributed by atoms with van der Waals surface area (Å²) < 4.78 is 66.1. The summed E-state index contributed by atoms with van der Waals surface area (Å²) in [6.45, 7) is -1.04. The number of ether oxygens (including phenoxy) is 1. The highest BCUT2D eigenvalue weighted by molar-refractivity contribution is 7.92. The molecule has 2 rings (SSSR count). The standard InChI is InChI=1S/C16H16F3N3O5S/c1-28(25,26)22-11-7-5-10(6-8-11)15(24)21-13-3-2-4-14(20-13)27-9-12(23)16(17,18)19/h2-8,12,22-23H,9H2,1H3,(H,20,21,24). The maximum atomic E-state index is 12.3. The number of aliphatic hydroxyl groups is 1. The normalized spacial score (nSPS) is 12.9. The Labute approximate surface area is 158 Å². The Morgan fingerprint density at radius 3 is 2.43 bits per heavy atom. The zero-order valence-corrected chi connectivity index (χ0v) is 15.2. The van der Waals surface area contributed by atoms with Gasteiger partial charge in [0.05, 0.1) is 6.26 Å². The van der Waals surface area contributed by atoms with Gasteiger partial charge in [-0.05, 0) is 30.3 Å². The number of sulfonamides is 1. The van der Waals surface area contributed by atoms with E-state index in [9.17, 15) is 26.4 Å². The molecule has 12 heteroatoms. The van der Waals surface area contributed by atoms with Gasteiger partial charge in [0.2, 0.25) is 15.9 Å². The number of amides is 1. The van der Waals surface area contributed by atoms with E-state index in [1.54, 1.807) is 0 Å². The van der Waals surface area contributed by atoms with Crippen LogP contribution < -0.4 is 14.8 Å². The molecule has 1 atom stereocenters. The maximum absolute atomic E-state index is 12.3. The Hall–Kier alpha value is -2.86. The van der Waals surface area contributed by atoms with Crippen LogP contribution in [0.15, 0.2) is 42.5 Å². The molecule has 1 aromatic carbocycles. The van der Waals surface area contributed by atoms with Gasteiger partial charge in [-0.1, -0.05) is 6.07 Å². The lowest BCUT2D eigenvalue weighted by Gasteiger charge is -2.15. The number of benzene rings is 1. The minimum atomic E-state index is -4.82. The van der Waals surface area contributed by atoms with Crippen LogP contribution in [0.1, 0.15) is 10.4 Å². The van der Waals surface area contributed by atoms with E-state index in [2.05, 4.69) is 15.0 Å². The van der Waals surface area contributed by atoms with E-state index in [1.165, 1.54) is 42.5 Å². The van der Waals surface area contributed by atoms with Crippen molar-refractivity contribution in [2.45, 2.75) is 12.3 Å². The molecule has 152 valence electrons. The second kappa shape index (κ2) is 8.44. The number of carbonyl (C=O) groups excluding carboxylic acids is 1. The zero-order valence-electron chi connectivity index (χ0n) is 14.4. The molecule has 1 amide bonds. The molecule has 28 heavy (non-hydrogen) atoms. The number of halogens is 3. The number of aromatic nitrogens is 1. The van der Waals surface area contributed by atoms with Gasteiger partial charge in [0.15, 0.2) is 6.10 Å². The fourth-order valence-electron chi connectivity index (χ4n) is 1.92. The van der Waals surface area contributed by atoms with Crippen molar-refractivity contribution in [3.05, 3.63) is 48.0 Å². The van der Waals surface area contributed by atoms with Gasteiger partial charge in [0, 0.05) is 17.3 Å². The third kappa shape index (κ3) is 6.70. The number of nitrogens with zero attached hydrogens (tertiary/aromatic N) is 1. The Balaban J connectivity index is 2.00. The van der Waals surface area contributed by atoms with E-state index in [-0.39, 0.29) is 22.9 Å². The fraction of sp³-hybridized carbons (Fsp3) is 0.250. The van der Waals surface area contributed by atoms with Crippen LogP contribution >= 0.6 is 0 Å². The average molecular weight is 419 g/mol. The first-order valence-corrected chi connectivity index (χ1v) is 9.57. The summed E-state index contributed by atoms with van der Waals surface area (Å²) in [7, 11) is -3.45. The van der Waals surface area contributed by atoms with Crippen LogP contribution in [-0.2, 0) is 10.0 Å². The summed E-state index contributed by atoms with van der Waals surface area (Å²) in [5, 5.41) is 11.3. The number of hydrogen-bond acceptors (Lipinski definition) is 6. The van der Waals surface area contributed by atoms with E-state index in [0.29, 0.717) is 0 Å². The monoisotopic (exact) mass is 419 g/mol. The SMILES string of the molecule is CS(=O)(=O)Nc1ccc(C(=O)Nc2cccc(OCC(O)C(F)(F)F)n2)cc1. The van der Waals surface area contributed by atoms with Crippen LogP contribution in [0.3, 0.4) is 0 Å². The third-order valence-corrected chi connectivity index (χ3v) is 3.79. The highest BCUT2D eigenvalue weighted by Gasteiger charge is 2.38. The van der Waals surface area contributed by atoms with E-state index in [0.717, 1.165) is 6.26 Å². The van der Waals surface area contributed by atoms with Gasteiger partial charge < -0.3 is 15.2 Å². The number of pyridine rings is 1. The molecule has 8 nitrogen and oxygen atoms in total. The number of anilines is 2.